The number of amides is 1. The Morgan fingerprint density at radius 3 is 2.39 bits per heavy atom. The van der Waals surface area contributed by atoms with E-state index in [1.165, 1.54) is 12.1 Å². The second kappa shape index (κ2) is 9.18. The van der Waals surface area contributed by atoms with Gasteiger partial charge in [-0.1, -0.05) is 6.07 Å². The summed E-state index contributed by atoms with van der Waals surface area (Å²) in [5.74, 6) is -6.12. The lowest BCUT2D eigenvalue weighted by molar-refractivity contribution is -0.138. The van der Waals surface area contributed by atoms with Crippen molar-refractivity contribution in [1.29, 1.82) is 0 Å². The van der Waals surface area contributed by atoms with Gasteiger partial charge in [-0.05, 0) is 29.8 Å². The van der Waals surface area contributed by atoms with Gasteiger partial charge in [0.05, 0.1) is 11.3 Å². The molecule has 28 heavy (non-hydrogen) atoms. The third-order valence-electron chi connectivity index (χ3n) is 3.60. The van der Waals surface area contributed by atoms with Crippen molar-refractivity contribution in [3.63, 3.8) is 0 Å². The van der Waals surface area contributed by atoms with E-state index in [1.54, 1.807) is 0 Å². The first-order valence-electron chi connectivity index (χ1n) is 7.80. The molecule has 1 atom stereocenters. The van der Waals surface area contributed by atoms with E-state index in [-0.39, 0.29) is 28.2 Å². The van der Waals surface area contributed by atoms with Gasteiger partial charge in [0.25, 0.3) is 5.91 Å². The van der Waals surface area contributed by atoms with Gasteiger partial charge in [0.1, 0.15) is 23.4 Å². The Morgan fingerprint density at radius 2 is 1.79 bits per heavy atom. The van der Waals surface area contributed by atoms with Crippen LogP contribution in [0.4, 0.5) is 8.78 Å². The molecule has 7 nitrogen and oxygen atoms in total. The second-order valence-corrected chi connectivity index (χ2v) is 6.66. The first-order chi connectivity index (χ1) is 13.2. The molecule has 4 N–H and O–H groups in total. The van der Waals surface area contributed by atoms with Crippen LogP contribution in [-0.4, -0.2) is 50.7 Å². The fourth-order valence-electron chi connectivity index (χ4n) is 2.28. The normalized spacial score (nSPS) is 11.6. The molecule has 0 aromatic heterocycles. The molecule has 0 radical (unpaired) electrons. The fourth-order valence-corrected chi connectivity index (χ4v) is 3.04. The zero-order valence-electron chi connectivity index (χ0n) is 14.2. The van der Waals surface area contributed by atoms with Gasteiger partial charge >= 0.3 is 11.9 Å². The number of phenolic OH excluding ortho intramolecular Hbond substituents is 1. The van der Waals surface area contributed by atoms with E-state index >= 15 is 0 Å². The average Bonchev–Trinajstić information content (AvgIpc) is 2.61. The van der Waals surface area contributed by atoms with Crippen molar-refractivity contribution in [1.82, 2.24) is 5.32 Å². The van der Waals surface area contributed by atoms with Gasteiger partial charge < -0.3 is 20.6 Å². The van der Waals surface area contributed by atoms with Crippen LogP contribution >= 0.6 is 11.8 Å². The number of hydrogen-bond acceptors (Lipinski definition) is 5. The molecular weight excluding hydrogens is 396 g/mol. The highest BCUT2D eigenvalue weighted by atomic mass is 32.2. The van der Waals surface area contributed by atoms with Crippen LogP contribution in [0.1, 0.15) is 10.4 Å². The fraction of sp³-hybridized carbons (Fsp3) is 0.167. The first-order valence-corrected chi connectivity index (χ1v) is 8.96. The van der Waals surface area contributed by atoms with E-state index in [0.717, 1.165) is 30.0 Å². The number of aromatic hydroxyl groups is 1. The summed E-state index contributed by atoms with van der Waals surface area (Å²) < 4.78 is 27.0. The number of phenols is 1. The monoisotopic (exact) mass is 411 g/mol. The van der Waals surface area contributed by atoms with E-state index in [4.69, 9.17) is 5.11 Å². The molecule has 148 valence electrons. The Morgan fingerprint density at radius 1 is 1.07 bits per heavy atom. The van der Waals surface area contributed by atoms with Crippen LogP contribution in [0.3, 0.4) is 0 Å². The quantitative estimate of drug-likeness (QED) is 0.526. The highest BCUT2D eigenvalue weighted by Crippen LogP contribution is 2.28. The summed E-state index contributed by atoms with van der Waals surface area (Å²) in [4.78, 5) is 34.2. The molecular formula is C18H15F2NO6S. The van der Waals surface area contributed by atoms with Crippen molar-refractivity contribution >= 4 is 29.6 Å². The average molecular weight is 411 g/mol. The molecule has 10 heteroatoms. The van der Waals surface area contributed by atoms with E-state index < -0.39 is 41.3 Å². The summed E-state index contributed by atoms with van der Waals surface area (Å²) in [6.45, 7) is 0. The summed E-state index contributed by atoms with van der Waals surface area (Å²) in [7, 11) is 0. The van der Waals surface area contributed by atoms with E-state index in [9.17, 15) is 33.4 Å². The maximum atomic E-state index is 14.0. The van der Waals surface area contributed by atoms with Gasteiger partial charge in [0.2, 0.25) is 0 Å². The summed E-state index contributed by atoms with van der Waals surface area (Å²) in [5.41, 5.74) is -0.148. The minimum absolute atomic E-state index is 0.0118. The standard InChI is InChI=1S/C18H15F2NO6S/c19-10-2-3-11(13(20)6-10)9-1-4-15(22)12(5-9)17(25)21-14(18(26)27)7-28-8-16(23)24/h1-6,14,22H,7-8H2,(H,21,25)(H,23,24)(H,26,27). The summed E-state index contributed by atoms with van der Waals surface area (Å²) in [6, 6.07) is 5.06. The van der Waals surface area contributed by atoms with Crippen molar-refractivity contribution in [2.45, 2.75) is 6.04 Å². The molecule has 0 saturated heterocycles. The third kappa shape index (κ3) is 5.43. The molecule has 0 aliphatic rings. The Labute approximate surface area is 162 Å². The molecule has 0 aliphatic heterocycles. The molecule has 1 amide bonds. The smallest absolute Gasteiger partial charge is 0.327 e. The number of carbonyl (C=O) groups excluding carboxylic acids is 1. The molecule has 0 saturated carbocycles. The van der Waals surface area contributed by atoms with E-state index in [1.807, 2.05) is 0 Å². The molecule has 2 rings (SSSR count). The van der Waals surface area contributed by atoms with Crippen LogP contribution < -0.4 is 5.32 Å². The maximum Gasteiger partial charge on any atom is 0.327 e. The summed E-state index contributed by atoms with van der Waals surface area (Å²) >= 11 is 0.800. The van der Waals surface area contributed by atoms with Crippen molar-refractivity contribution in [3.8, 4) is 16.9 Å². The number of aliphatic carboxylic acids is 2. The van der Waals surface area contributed by atoms with Crippen LogP contribution in [-0.2, 0) is 9.59 Å². The van der Waals surface area contributed by atoms with Crippen molar-refractivity contribution in [2.75, 3.05) is 11.5 Å². The van der Waals surface area contributed by atoms with Crippen molar-refractivity contribution in [2.24, 2.45) is 0 Å². The van der Waals surface area contributed by atoms with Crippen LogP contribution in [0.5, 0.6) is 5.75 Å². The number of carboxylic acids is 2. The van der Waals surface area contributed by atoms with Crippen molar-refractivity contribution < 1.29 is 38.5 Å². The predicted octanol–water partition coefficient (Wildman–Crippen LogP) is 2.34. The molecule has 0 bridgehead atoms. The number of halogens is 2. The SMILES string of the molecule is O=C(O)CSCC(NC(=O)c1cc(-c2ccc(F)cc2F)ccc1O)C(=O)O. The lowest BCUT2D eigenvalue weighted by atomic mass is 10.0. The second-order valence-electron chi connectivity index (χ2n) is 5.63. The Bertz CT molecular complexity index is 921. The highest BCUT2D eigenvalue weighted by Gasteiger charge is 2.23. The molecule has 2 aromatic rings. The number of nitrogens with one attached hydrogen (secondary N) is 1. The van der Waals surface area contributed by atoms with Crippen LogP contribution in [0.2, 0.25) is 0 Å². The van der Waals surface area contributed by atoms with Crippen LogP contribution in [0.25, 0.3) is 11.1 Å². The Balaban J connectivity index is 2.24. The lowest BCUT2D eigenvalue weighted by Gasteiger charge is -2.15. The number of benzene rings is 2. The van der Waals surface area contributed by atoms with E-state index in [0.29, 0.717) is 6.07 Å². The number of thioether (sulfide) groups is 1. The molecule has 0 spiro atoms. The number of hydrogen-bond donors (Lipinski definition) is 4. The molecule has 1 unspecified atom stereocenters. The first kappa shape index (κ1) is 21.2. The van der Waals surface area contributed by atoms with E-state index in [2.05, 4.69) is 5.32 Å². The van der Waals surface area contributed by atoms with Crippen molar-refractivity contribution in [3.05, 3.63) is 53.6 Å². The summed E-state index contributed by atoms with van der Waals surface area (Å²) in [5, 5.41) is 29.9. The van der Waals surface area contributed by atoms with Gasteiger partial charge in [0, 0.05) is 17.4 Å². The summed E-state index contributed by atoms with van der Waals surface area (Å²) in [6.07, 6.45) is 0. The molecule has 2 aromatic carbocycles. The lowest BCUT2D eigenvalue weighted by Crippen LogP contribution is -2.42. The molecule has 0 aliphatic carbocycles. The third-order valence-corrected chi connectivity index (χ3v) is 4.62. The topological polar surface area (TPSA) is 124 Å². The highest BCUT2D eigenvalue weighted by molar-refractivity contribution is 8.00. The predicted molar refractivity (Wildman–Crippen MR) is 97.3 cm³/mol. The number of carbonyl (C=O) groups is 3. The zero-order chi connectivity index (χ0) is 20.8. The molecule has 0 heterocycles. The molecule has 0 fully saturated rings. The maximum absolute atomic E-state index is 14.0. The van der Waals surface area contributed by atoms with Crippen LogP contribution in [0.15, 0.2) is 36.4 Å². The number of carboxylic acid groups (broad SMARTS) is 2. The van der Waals surface area contributed by atoms with Gasteiger partial charge in [0.15, 0.2) is 0 Å². The zero-order valence-corrected chi connectivity index (χ0v) is 15.0. The minimum Gasteiger partial charge on any atom is -0.507 e. The number of rotatable bonds is 8. The van der Waals surface area contributed by atoms with Gasteiger partial charge in [-0.15, -0.1) is 11.8 Å². The van der Waals surface area contributed by atoms with Gasteiger partial charge in [-0.25, -0.2) is 13.6 Å². The van der Waals surface area contributed by atoms with Gasteiger partial charge in [-0.3, -0.25) is 9.59 Å². The van der Waals surface area contributed by atoms with Crippen LogP contribution in [0, 0.1) is 11.6 Å². The van der Waals surface area contributed by atoms with Gasteiger partial charge in [-0.2, -0.15) is 0 Å². The minimum atomic E-state index is -1.40. The Hall–Kier alpha value is -3.14. The Kier molecular flexibility index (Phi) is 6.94. The largest absolute Gasteiger partial charge is 0.507 e.